The van der Waals surface area contributed by atoms with Crippen LogP contribution in [-0.4, -0.2) is 36.6 Å². The maximum atomic E-state index is 9.69. The van der Waals surface area contributed by atoms with E-state index in [1.54, 1.807) is 0 Å². The summed E-state index contributed by atoms with van der Waals surface area (Å²) in [6.45, 7) is 9.97. The summed E-state index contributed by atoms with van der Waals surface area (Å²) in [6.07, 6.45) is 8.58. The molecule has 30 heavy (non-hydrogen) atoms. The lowest BCUT2D eigenvalue weighted by Gasteiger charge is -2.31. The van der Waals surface area contributed by atoms with Crippen molar-refractivity contribution >= 4 is 29.2 Å². The van der Waals surface area contributed by atoms with E-state index in [2.05, 4.69) is 46.2 Å². The quantitative estimate of drug-likeness (QED) is 0.375. The zero-order valence-electron chi connectivity index (χ0n) is 18.0. The average molecular weight is 429 g/mol. The van der Waals surface area contributed by atoms with Gasteiger partial charge in [0.1, 0.15) is 5.82 Å². The Morgan fingerprint density at radius 2 is 1.90 bits per heavy atom. The van der Waals surface area contributed by atoms with Crippen molar-refractivity contribution in [1.82, 2.24) is 5.32 Å². The summed E-state index contributed by atoms with van der Waals surface area (Å²) >= 11 is 6.52. The Morgan fingerprint density at radius 3 is 2.50 bits per heavy atom. The van der Waals surface area contributed by atoms with Gasteiger partial charge in [-0.15, -0.1) is 0 Å². The molecule has 162 valence electrons. The number of aliphatic hydroxyl groups excluding tert-OH is 1. The molecule has 1 aromatic carbocycles. The first-order valence-electron chi connectivity index (χ1n) is 10.8. The smallest absolute Gasteiger partial charge is 0.100 e. The van der Waals surface area contributed by atoms with Gasteiger partial charge in [-0.25, -0.2) is 0 Å². The summed E-state index contributed by atoms with van der Waals surface area (Å²) in [5, 5.41) is 17.0. The van der Waals surface area contributed by atoms with Gasteiger partial charge >= 0.3 is 0 Å². The summed E-state index contributed by atoms with van der Waals surface area (Å²) < 4.78 is 0. The Hall–Kier alpha value is -2.24. The van der Waals surface area contributed by atoms with Crippen molar-refractivity contribution in [3.8, 4) is 0 Å². The van der Waals surface area contributed by atoms with Crippen molar-refractivity contribution in [2.75, 3.05) is 23.3 Å². The van der Waals surface area contributed by atoms with E-state index in [1.165, 1.54) is 18.5 Å². The highest BCUT2D eigenvalue weighted by atomic mass is 35.5. The van der Waals surface area contributed by atoms with Gasteiger partial charge in [0, 0.05) is 30.7 Å². The number of hydrogen-bond acceptors (Lipinski definition) is 5. The lowest BCUT2D eigenvalue weighted by Crippen LogP contribution is -2.35. The molecular weight excluding hydrogens is 396 g/mol. The van der Waals surface area contributed by atoms with E-state index in [0.29, 0.717) is 16.9 Å². The fraction of sp³-hybridized carbons (Fsp3) is 0.458. The molecule has 3 N–H and O–H groups in total. The minimum atomic E-state index is -0.162. The van der Waals surface area contributed by atoms with Gasteiger partial charge in [0.25, 0.3) is 0 Å². The number of nitrogens with zero attached hydrogens (tertiary/aromatic N) is 2. The van der Waals surface area contributed by atoms with Gasteiger partial charge in [0.05, 0.1) is 22.9 Å². The summed E-state index contributed by atoms with van der Waals surface area (Å²) in [7, 11) is 0. The molecule has 1 aliphatic heterocycles. The highest BCUT2D eigenvalue weighted by molar-refractivity contribution is 6.32. The van der Waals surface area contributed by atoms with Crippen molar-refractivity contribution in [2.45, 2.75) is 58.1 Å². The van der Waals surface area contributed by atoms with Crippen LogP contribution >= 0.6 is 11.6 Å². The highest BCUT2D eigenvalue weighted by Gasteiger charge is 2.19. The molecule has 0 aromatic heterocycles. The van der Waals surface area contributed by atoms with Crippen LogP contribution in [0.4, 0.5) is 11.4 Å². The number of halogens is 1. The van der Waals surface area contributed by atoms with Crippen LogP contribution in [0.5, 0.6) is 0 Å². The van der Waals surface area contributed by atoms with Gasteiger partial charge in [-0.1, -0.05) is 31.2 Å². The van der Waals surface area contributed by atoms with E-state index < -0.39 is 0 Å². The molecule has 2 fully saturated rings. The predicted octanol–water partition coefficient (Wildman–Crippen LogP) is 5.16. The van der Waals surface area contributed by atoms with Gasteiger partial charge in [-0.05, 0) is 68.9 Å². The summed E-state index contributed by atoms with van der Waals surface area (Å²) in [5.74, 6) is 0.653. The molecule has 3 rings (SSSR count). The molecule has 0 spiro atoms. The van der Waals surface area contributed by atoms with E-state index in [9.17, 15) is 5.11 Å². The number of nitrogens with one attached hydrogen (secondary N) is 2. The zero-order valence-corrected chi connectivity index (χ0v) is 18.8. The first kappa shape index (κ1) is 22.4. The molecule has 1 saturated heterocycles. The van der Waals surface area contributed by atoms with Crippen LogP contribution in [0.1, 0.15) is 46.0 Å². The average Bonchev–Trinajstić information content (AvgIpc) is 3.56. The van der Waals surface area contributed by atoms with Crippen LogP contribution in [0.2, 0.25) is 0 Å². The molecule has 0 radical (unpaired) electrons. The van der Waals surface area contributed by atoms with Crippen molar-refractivity contribution in [3.05, 3.63) is 59.0 Å². The molecule has 0 amide bonds. The van der Waals surface area contributed by atoms with Crippen molar-refractivity contribution in [2.24, 2.45) is 4.99 Å². The van der Waals surface area contributed by atoms with E-state index in [1.807, 2.05) is 31.3 Å². The number of hydrogen-bond donors (Lipinski definition) is 3. The third-order valence-corrected chi connectivity index (χ3v) is 5.65. The minimum Gasteiger partial charge on any atom is -0.393 e. The highest BCUT2D eigenvalue weighted by Crippen LogP contribution is 2.25. The van der Waals surface area contributed by atoms with Crippen LogP contribution in [0.15, 0.2) is 64.0 Å². The van der Waals surface area contributed by atoms with E-state index in [-0.39, 0.29) is 6.10 Å². The monoisotopic (exact) mass is 428 g/mol. The second kappa shape index (κ2) is 10.7. The summed E-state index contributed by atoms with van der Waals surface area (Å²) in [6, 6.07) is 8.75. The number of benzene rings is 1. The fourth-order valence-corrected chi connectivity index (χ4v) is 3.72. The number of aliphatic hydroxyl groups is 1. The fourth-order valence-electron chi connectivity index (χ4n) is 3.37. The topological polar surface area (TPSA) is 59.9 Å². The number of allylic oxidation sites excluding steroid dienone is 3. The maximum absolute atomic E-state index is 9.69. The third kappa shape index (κ3) is 6.64. The van der Waals surface area contributed by atoms with Crippen LogP contribution in [0.3, 0.4) is 0 Å². The number of anilines is 2. The Balaban J connectivity index is 1.63. The lowest BCUT2D eigenvalue weighted by atomic mass is 10.1. The van der Waals surface area contributed by atoms with Gasteiger partial charge in [0.15, 0.2) is 0 Å². The molecule has 2 aliphatic rings. The van der Waals surface area contributed by atoms with Crippen LogP contribution in [-0.2, 0) is 0 Å². The minimum absolute atomic E-state index is 0.162. The van der Waals surface area contributed by atoms with Crippen molar-refractivity contribution in [3.63, 3.8) is 0 Å². The summed E-state index contributed by atoms with van der Waals surface area (Å²) in [4.78, 5) is 6.88. The van der Waals surface area contributed by atoms with Gasteiger partial charge < -0.3 is 20.6 Å². The number of rotatable bonds is 9. The predicted molar refractivity (Wildman–Crippen MR) is 128 cm³/mol. The van der Waals surface area contributed by atoms with Crippen LogP contribution in [0.25, 0.3) is 0 Å². The normalized spacial score (nSPS) is 19.1. The maximum Gasteiger partial charge on any atom is 0.100 e. The molecule has 0 unspecified atom stereocenters. The Morgan fingerprint density at radius 1 is 1.23 bits per heavy atom. The van der Waals surface area contributed by atoms with Crippen LogP contribution < -0.4 is 15.5 Å². The Bertz CT molecular complexity index is 816. The van der Waals surface area contributed by atoms with Crippen molar-refractivity contribution in [1.29, 1.82) is 0 Å². The molecule has 1 saturated carbocycles. The van der Waals surface area contributed by atoms with E-state index in [0.717, 1.165) is 49.3 Å². The first-order valence-corrected chi connectivity index (χ1v) is 11.2. The van der Waals surface area contributed by atoms with E-state index in [4.69, 9.17) is 11.6 Å². The number of piperidine rings is 1. The lowest BCUT2D eigenvalue weighted by molar-refractivity contribution is 0.145. The second-order valence-corrected chi connectivity index (χ2v) is 8.43. The van der Waals surface area contributed by atoms with Crippen molar-refractivity contribution < 1.29 is 5.11 Å². The molecule has 1 aliphatic carbocycles. The zero-order chi connectivity index (χ0) is 21.5. The number of aliphatic imine (C=N–C) groups is 1. The molecule has 1 heterocycles. The summed E-state index contributed by atoms with van der Waals surface area (Å²) in [5.41, 5.74) is 3.94. The SMILES string of the molecule is C=C(NC(=C(C)C=NC1CC1)/C(Cl)=C\CC)Nc1ccc(N2CCC(O)CC2)cc1. The third-order valence-electron chi connectivity index (χ3n) is 5.31. The van der Waals surface area contributed by atoms with E-state index >= 15 is 0 Å². The van der Waals surface area contributed by atoms with Crippen LogP contribution in [0, 0.1) is 0 Å². The van der Waals surface area contributed by atoms with Gasteiger partial charge in [0.2, 0.25) is 0 Å². The second-order valence-electron chi connectivity index (χ2n) is 8.02. The molecule has 0 bridgehead atoms. The molecule has 6 heteroatoms. The first-order chi connectivity index (χ1) is 14.5. The Labute approximate surface area is 185 Å². The Kier molecular flexibility index (Phi) is 8.00. The van der Waals surface area contributed by atoms with Gasteiger partial charge in [-0.2, -0.15) is 0 Å². The molecule has 0 atom stereocenters. The largest absolute Gasteiger partial charge is 0.393 e. The molecular formula is C24H33ClN4O. The standard InChI is InChI=1S/C24H33ClN4O/c1-4-5-23(25)24(17(2)16-26-19-6-7-19)28-18(3)27-20-8-10-21(11-9-20)29-14-12-22(30)13-15-29/h5,8-11,16,19,22,27-28,30H,3-4,6-7,12-15H2,1-2H3/b23-5+,24-17?,26-16?. The van der Waals surface area contributed by atoms with Gasteiger partial charge in [-0.3, -0.25) is 4.99 Å². The molecule has 5 nitrogen and oxygen atoms in total. The molecule has 1 aromatic rings.